The summed E-state index contributed by atoms with van der Waals surface area (Å²) in [4.78, 5) is 15.6. The second-order valence-electron chi connectivity index (χ2n) is 6.65. The van der Waals surface area contributed by atoms with Gasteiger partial charge in [0, 0.05) is 12.3 Å². The largest absolute Gasteiger partial charge is 0.454 e. The van der Waals surface area contributed by atoms with Gasteiger partial charge in [0.1, 0.15) is 22.6 Å². The molecule has 0 bridgehead atoms. The molecule has 11 heteroatoms. The van der Waals surface area contributed by atoms with Gasteiger partial charge in [-0.05, 0) is 42.3 Å². The average molecular weight is 445 g/mol. The Morgan fingerprint density at radius 1 is 1.23 bits per heavy atom. The molecule has 30 heavy (non-hydrogen) atoms. The number of aryl methyl sites for hydroxylation is 1. The van der Waals surface area contributed by atoms with Gasteiger partial charge < -0.3 is 9.47 Å². The van der Waals surface area contributed by atoms with E-state index in [9.17, 15) is 30.8 Å². The number of hydrogen-bond acceptors (Lipinski definition) is 6. The molecular weight excluding hydrogens is 430 g/mol. The van der Waals surface area contributed by atoms with Crippen LogP contribution in [0.25, 0.3) is 5.57 Å². The summed E-state index contributed by atoms with van der Waals surface area (Å²) in [5.41, 5.74) is 0.163. The van der Waals surface area contributed by atoms with E-state index in [1.165, 1.54) is 25.1 Å². The fourth-order valence-electron chi connectivity index (χ4n) is 3.02. The molecule has 0 amide bonds. The number of sulfone groups is 1. The Morgan fingerprint density at radius 2 is 1.93 bits per heavy atom. The van der Waals surface area contributed by atoms with Crippen molar-refractivity contribution in [2.24, 2.45) is 0 Å². The van der Waals surface area contributed by atoms with Gasteiger partial charge in [0.25, 0.3) is 0 Å². The molecule has 0 radical (unpaired) electrons. The third kappa shape index (κ3) is 4.96. The predicted molar refractivity (Wildman–Crippen MR) is 97.1 cm³/mol. The van der Waals surface area contributed by atoms with Crippen LogP contribution in [0.1, 0.15) is 17.5 Å². The lowest BCUT2D eigenvalue weighted by atomic mass is 10.0. The lowest BCUT2D eigenvalue weighted by molar-refractivity contribution is -0.160. The molecule has 6 nitrogen and oxygen atoms in total. The highest BCUT2D eigenvalue weighted by molar-refractivity contribution is 7.90. The van der Waals surface area contributed by atoms with Gasteiger partial charge in [0.05, 0.1) is 18.2 Å². The third-order valence-electron chi connectivity index (χ3n) is 4.10. The summed E-state index contributed by atoms with van der Waals surface area (Å²) in [6.45, 7) is 1.44. The minimum atomic E-state index is -4.53. The molecule has 3 rings (SSSR count). The zero-order chi connectivity index (χ0) is 22.3. The van der Waals surface area contributed by atoms with E-state index >= 15 is 0 Å². The minimum absolute atomic E-state index is 0.115. The van der Waals surface area contributed by atoms with Crippen molar-refractivity contribution in [2.75, 3.05) is 6.26 Å². The summed E-state index contributed by atoms with van der Waals surface area (Å²) in [5.74, 6) is -1.93. The molecule has 2 heterocycles. The maximum Gasteiger partial charge on any atom is 0.392 e. The van der Waals surface area contributed by atoms with E-state index < -0.39 is 40.3 Å². The van der Waals surface area contributed by atoms with Gasteiger partial charge in [-0.1, -0.05) is 0 Å². The number of halogens is 4. The van der Waals surface area contributed by atoms with Crippen molar-refractivity contribution in [3.8, 4) is 11.6 Å². The summed E-state index contributed by atoms with van der Waals surface area (Å²) in [7, 11) is -3.79. The molecule has 0 unspecified atom stereocenters. The van der Waals surface area contributed by atoms with Gasteiger partial charge in [-0.3, -0.25) is 0 Å². The standard InChI is InChI=1S/C19H15F4NO5S/c1-10-5-11(14-7-13(28-18(14)25)8-19(21,22)23)6-15(17(10)30(2,26)27)29-16-4-3-12(20)9-24-16/h3-7,9,13H,8H2,1-2H3/t13-/m0/s1. The Labute approximate surface area is 169 Å². The Kier molecular flexibility index (Phi) is 5.59. The van der Waals surface area contributed by atoms with Gasteiger partial charge in [-0.15, -0.1) is 0 Å². The fourth-order valence-corrected chi connectivity index (χ4v) is 4.12. The molecular formula is C19H15F4NO5S. The number of hydrogen-bond donors (Lipinski definition) is 0. The lowest BCUT2D eigenvalue weighted by Crippen LogP contribution is -2.19. The first-order valence-electron chi connectivity index (χ1n) is 8.47. The van der Waals surface area contributed by atoms with Crippen molar-refractivity contribution < 1.29 is 40.2 Å². The van der Waals surface area contributed by atoms with Gasteiger partial charge >= 0.3 is 12.1 Å². The maximum absolute atomic E-state index is 13.1. The van der Waals surface area contributed by atoms with E-state index in [-0.39, 0.29) is 33.2 Å². The number of pyridine rings is 1. The van der Waals surface area contributed by atoms with Crippen LogP contribution < -0.4 is 4.74 Å². The number of carbonyl (C=O) groups is 1. The summed E-state index contributed by atoms with van der Waals surface area (Å²) < 4.78 is 85.6. The van der Waals surface area contributed by atoms with Crippen LogP contribution in [0, 0.1) is 12.7 Å². The van der Waals surface area contributed by atoms with E-state index in [1.54, 1.807) is 0 Å². The highest BCUT2D eigenvalue weighted by Crippen LogP contribution is 2.37. The van der Waals surface area contributed by atoms with Crippen LogP contribution in [-0.4, -0.2) is 37.9 Å². The quantitative estimate of drug-likeness (QED) is 0.511. The summed E-state index contributed by atoms with van der Waals surface area (Å²) in [6.07, 6.45) is -4.51. The van der Waals surface area contributed by atoms with Crippen LogP contribution in [0.4, 0.5) is 17.6 Å². The van der Waals surface area contributed by atoms with Crippen molar-refractivity contribution in [1.82, 2.24) is 4.98 Å². The Morgan fingerprint density at radius 3 is 2.50 bits per heavy atom. The number of nitrogens with zero attached hydrogens (tertiary/aromatic N) is 1. The van der Waals surface area contributed by atoms with Crippen LogP contribution in [0.15, 0.2) is 41.4 Å². The Balaban J connectivity index is 2.07. The van der Waals surface area contributed by atoms with E-state index in [0.29, 0.717) is 0 Å². The first-order valence-corrected chi connectivity index (χ1v) is 10.4. The van der Waals surface area contributed by atoms with Gasteiger partial charge in [0.15, 0.2) is 9.84 Å². The van der Waals surface area contributed by atoms with Gasteiger partial charge in [-0.2, -0.15) is 13.2 Å². The fraction of sp³-hybridized carbons (Fsp3) is 0.263. The zero-order valence-corrected chi connectivity index (χ0v) is 16.5. The monoisotopic (exact) mass is 445 g/mol. The molecule has 0 saturated heterocycles. The summed E-state index contributed by atoms with van der Waals surface area (Å²) in [6, 6.07) is 4.76. The number of esters is 1. The topological polar surface area (TPSA) is 82.6 Å². The van der Waals surface area contributed by atoms with Crippen molar-refractivity contribution >= 4 is 21.4 Å². The van der Waals surface area contributed by atoms with E-state index in [4.69, 9.17) is 9.47 Å². The van der Waals surface area contributed by atoms with E-state index in [2.05, 4.69) is 4.98 Å². The lowest BCUT2D eigenvalue weighted by Gasteiger charge is -2.14. The molecule has 1 aromatic heterocycles. The van der Waals surface area contributed by atoms with Crippen LogP contribution in [-0.2, 0) is 19.4 Å². The number of alkyl halides is 3. The smallest absolute Gasteiger partial charge is 0.392 e. The first kappa shape index (κ1) is 21.8. The van der Waals surface area contributed by atoms with Crippen LogP contribution in [0.2, 0.25) is 0 Å². The number of cyclic esters (lactones) is 1. The van der Waals surface area contributed by atoms with Crippen molar-refractivity contribution in [3.05, 3.63) is 53.5 Å². The normalized spacial score (nSPS) is 16.9. The van der Waals surface area contributed by atoms with E-state index in [0.717, 1.165) is 24.6 Å². The highest BCUT2D eigenvalue weighted by Gasteiger charge is 2.37. The molecule has 1 aliphatic rings. The van der Waals surface area contributed by atoms with Crippen molar-refractivity contribution in [1.29, 1.82) is 0 Å². The Bertz CT molecular complexity index is 1120. The van der Waals surface area contributed by atoms with Crippen molar-refractivity contribution in [3.63, 3.8) is 0 Å². The highest BCUT2D eigenvalue weighted by atomic mass is 32.2. The minimum Gasteiger partial charge on any atom is -0.454 e. The molecule has 2 aromatic rings. The number of ether oxygens (including phenoxy) is 2. The van der Waals surface area contributed by atoms with Gasteiger partial charge in [0.2, 0.25) is 5.88 Å². The second kappa shape index (κ2) is 7.71. The zero-order valence-electron chi connectivity index (χ0n) is 15.7. The molecule has 0 spiro atoms. The molecule has 1 atom stereocenters. The second-order valence-corrected chi connectivity index (χ2v) is 8.61. The molecule has 1 aliphatic heterocycles. The molecule has 0 saturated carbocycles. The molecule has 160 valence electrons. The van der Waals surface area contributed by atoms with Crippen molar-refractivity contribution in [2.45, 2.75) is 30.5 Å². The maximum atomic E-state index is 13.1. The number of benzene rings is 1. The first-order chi connectivity index (χ1) is 13.8. The molecule has 0 aliphatic carbocycles. The number of rotatable bonds is 5. The number of aromatic nitrogens is 1. The van der Waals surface area contributed by atoms with Crippen LogP contribution >= 0.6 is 0 Å². The molecule has 0 fully saturated rings. The summed E-state index contributed by atoms with van der Waals surface area (Å²) >= 11 is 0. The van der Waals surface area contributed by atoms with E-state index in [1.807, 2.05) is 0 Å². The van der Waals surface area contributed by atoms with Gasteiger partial charge in [-0.25, -0.2) is 22.6 Å². The predicted octanol–water partition coefficient (Wildman–Crippen LogP) is 3.99. The molecule has 1 aromatic carbocycles. The molecule has 0 N–H and O–H groups in total. The number of carbonyl (C=O) groups excluding carboxylic acids is 1. The van der Waals surface area contributed by atoms with Crippen LogP contribution in [0.3, 0.4) is 0 Å². The third-order valence-corrected chi connectivity index (χ3v) is 5.37. The SMILES string of the molecule is Cc1cc(C2=C[C@@H](CC(F)(F)F)OC2=O)cc(Oc2ccc(F)cn2)c1S(C)(=O)=O. The Hall–Kier alpha value is -2.95. The van der Waals surface area contributed by atoms with Crippen LogP contribution in [0.5, 0.6) is 11.6 Å². The average Bonchev–Trinajstić information content (AvgIpc) is 2.93. The summed E-state index contributed by atoms with van der Waals surface area (Å²) in [5, 5.41) is 0.